The van der Waals surface area contributed by atoms with Crippen LogP contribution in [0, 0.1) is 0 Å². The fourth-order valence-electron chi connectivity index (χ4n) is 2.77. The quantitative estimate of drug-likeness (QED) is 0.443. The molecular formula is C20H22N4O4. The van der Waals surface area contributed by atoms with E-state index in [0.717, 1.165) is 11.1 Å². The molecule has 28 heavy (non-hydrogen) atoms. The van der Waals surface area contributed by atoms with Crippen molar-refractivity contribution in [3.05, 3.63) is 48.5 Å². The van der Waals surface area contributed by atoms with Gasteiger partial charge >= 0.3 is 12.0 Å². The van der Waals surface area contributed by atoms with Crippen LogP contribution in [0.3, 0.4) is 0 Å². The Morgan fingerprint density at radius 3 is 2.54 bits per heavy atom. The second-order valence-corrected chi connectivity index (χ2v) is 6.34. The maximum absolute atomic E-state index is 12.1. The van der Waals surface area contributed by atoms with E-state index in [4.69, 9.17) is 10.2 Å². The lowest BCUT2D eigenvalue weighted by Gasteiger charge is -2.15. The number of nitrogens with one attached hydrogen (secondary N) is 2. The van der Waals surface area contributed by atoms with Crippen LogP contribution in [-0.2, 0) is 4.79 Å². The molecule has 2 aromatic carbocycles. The van der Waals surface area contributed by atoms with Gasteiger partial charge in [-0.1, -0.05) is 12.1 Å². The van der Waals surface area contributed by atoms with E-state index in [1.54, 1.807) is 24.3 Å². The molecule has 2 amide bonds. The zero-order chi connectivity index (χ0) is 19.9. The van der Waals surface area contributed by atoms with Gasteiger partial charge in [-0.15, -0.1) is 0 Å². The zero-order valence-electron chi connectivity index (χ0n) is 15.2. The highest BCUT2D eigenvalue weighted by Gasteiger charge is 2.19. The summed E-state index contributed by atoms with van der Waals surface area (Å²) in [5.41, 5.74) is 8.19. The first-order chi connectivity index (χ1) is 13.6. The summed E-state index contributed by atoms with van der Waals surface area (Å²) in [6.45, 7) is 0.491. The SMILES string of the molecule is NCCCCC(NC(=O)Nc1ccc(-c2nc3ccccc3o2)cc1)C(=O)O. The number of hydrogen-bond donors (Lipinski definition) is 4. The summed E-state index contributed by atoms with van der Waals surface area (Å²) >= 11 is 0. The highest BCUT2D eigenvalue weighted by atomic mass is 16.4. The number of anilines is 1. The van der Waals surface area contributed by atoms with Crippen LogP contribution in [0.1, 0.15) is 19.3 Å². The number of benzene rings is 2. The Kier molecular flexibility index (Phi) is 6.23. The molecule has 0 aliphatic rings. The predicted molar refractivity (Wildman–Crippen MR) is 106 cm³/mol. The van der Waals surface area contributed by atoms with E-state index in [9.17, 15) is 14.7 Å². The number of nitrogens with two attached hydrogens (primary N) is 1. The summed E-state index contributed by atoms with van der Waals surface area (Å²) < 4.78 is 5.72. The monoisotopic (exact) mass is 382 g/mol. The topological polar surface area (TPSA) is 130 Å². The normalized spacial score (nSPS) is 11.9. The number of carbonyl (C=O) groups is 2. The standard InChI is InChI=1S/C20H22N4O4/c21-12-4-3-6-16(19(25)26)24-20(27)22-14-10-8-13(9-11-14)18-23-15-5-1-2-7-17(15)28-18/h1-2,5,7-11,16H,3-4,6,12,21H2,(H,25,26)(H2,22,24,27). The van der Waals surface area contributed by atoms with Gasteiger partial charge in [0.05, 0.1) is 0 Å². The fourth-order valence-corrected chi connectivity index (χ4v) is 2.77. The minimum atomic E-state index is -1.07. The number of fused-ring (bicyclic) bond motifs is 1. The second-order valence-electron chi connectivity index (χ2n) is 6.34. The number of hydrogen-bond acceptors (Lipinski definition) is 5. The number of aliphatic carboxylic acids is 1. The number of nitrogens with zero attached hydrogens (tertiary/aromatic N) is 1. The van der Waals surface area contributed by atoms with Gasteiger partial charge in [-0.05, 0) is 62.2 Å². The van der Waals surface area contributed by atoms with E-state index in [1.165, 1.54) is 0 Å². The van der Waals surface area contributed by atoms with E-state index in [0.29, 0.717) is 43.0 Å². The molecule has 146 valence electrons. The molecule has 0 saturated carbocycles. The van der Waals surface area contributed by atoms with Crippen molar-refractivity contribution in [1.29, 1.82) is 0 Å². The van der Waals surface area contributed by atoms with Crippen molar-refractivity contribution in [1.82, 2.24) is 10.3 Å². The lowest BCUT2D eigenvalue weighted by molar-refractivity contribution is -0.139. The minimum absolute atomic E-state index is 0.330. The van der Waals surface area contributed by atoms with E-state index >= 15 is 0 Å². The first-order valence-electron chi connectivity index (χ1n) is 9.03. The van der Waals surface area contributed by atoms with Crippen LogP contribution < -0.4 is 16.4 Å². The van der Waals surface area contributed by atoms with E-state index in [-0.39, 0.29) is 0 Å². The molecule has 0 aliphatic heterocycles. The lowest BCUT2D eigenvalue weighted by Crippen LogP contribution is -2.43. The number of carboxylic acid groups (broad SMARTS) is 1. The van der Waals surface area contributed by atoms with Crippen molar-refractivity contribution in [3.63, 3.8) is 0 Å². The molecule has 1 aromatic heterocycles. The zero-order valence-corrected chi connectivity index (χ0v) is 15.2. The predicted octanol–water partition coefficient (Wildman–Crippen LogP) is 3.20. The molecule has 1 heterocycles. The number of rotatable bonds is 8. The second kappa shape index (κ2) is 9.01. The number of amides is 2. The third-order valence-corrected chi connectivity index (χ3v) is 4.23. The summed E-state index contributed by atoms with van der Waals surface area (Å²) in [5, 5.41) is 14.3. The average Bonchev–Trinajstić information content (AvgIpc) is 3.12. The van der Waals surface area contributed by atoms with Gasteiger partial charge in [0.25, 0.3) is 0 Å². The van der Waals surface area contributed by atoms with Gasteiger partial charge in [-0.2, -0.15) is 0 Å². The Bertz CT molecular complexity index is 919. The molecular weight excluding hydrogens is 360 g/mol. The van der Waals surface area contributed by atoms with Crippen LogP contribution >= 0.6 is 0 Å². The summed E-state index contributed by atoms with van der Waals surface area (Å²) in [6.07, 6.45) is 1.67. The number of carboxylic acids is 1. The Balaban J connectivity index is 1.61. The molecule has 1 atom stereocenters. The maximum atomic E-state index is 12.1. The third kappa shape index (κ3) is 4.86. The molecule has 0 spiro atoms. The molecule has 1 unspecified atom stereocenters. The number of aromatic nitrogens is 1. The number of oxazole rings is 1. The van der Waals surface area contributed by atoms with Crippen LogP contribution in [0.5, 0.6) is 0 Å². The minimum Gasteiger partial charge on any atom is -0.480 e. The van der Waals surface area contributed by atoms with E-state index in [2.05, 4.69) is 15.6 Å². The first-order valence-corrected chi connectivity index (χ1v) is 9.03. The van der Waals surface area contributed by atoms with Crippen LogP contribution in [0.25, 0.3) is 22.6 Å². The van der Waals surface area contributed by atoms with Crippen LogP contribution in [0.15, 0.2) is 52.9 Å². The van der Waals surface area contributed by atoms with Crippen molar-refractivity contribution in [2.24, 2.45) is 5.73 Å². The van der Waals surface area contributed by atoms with Crippen LogP contribution in [0.2, 0.25) is 0 Å². The molecule has 0 saturated heterocycles. The van der Waals surface area contributed by atoms with Gasteiger partial charge in [0.1, 0.15) is 11.6 Å². The molecule has 3 aromatic rings. The van der Waals surface area contributed by atoms with Crippen molar-refractivity contribution in [2.45, 2.75) is 25.3 Å². The number of para-hydroxylation sites is 2. The highest BCUT2D eigenvalue weighted by molar-refractivity contribution is 5.92. The highest BCUT2D eigenvalue weighted by Crippen LogP contribution is 2.25. The largest absolute Gasteiger partial charge is 0.480 e. The van der Waals surface area contributed by atoms with Gasteiger partial charge < -0.3 is 25.9 Å². The summed E-state index contributed by atoms with van der Waals surface area (Å²) in [5.74, 6) is -0.582. The Hall–Kier alpha value is -3.39. The van der Waals surface area contributed by atoms with Gasteiger partial charge in [0.15, 0.2) is 5.58 Å². The molecule has 8 nitrogen and oxygen atoms in total. The maximum Gasteiger partial charge on any atom is 0.326 e. The van der Waals surface area contributed by atoms with Crippen LogP contribution in [0.4, 0.5) is 10.5 Å². The lowest BCUT2D eigenvalue weighted by atomic mass is 10.1. The number of unbranched alkanes of at least 4 members (excludes halogenated alkanes) is 1. The van der Waals surface area contributed by atoms with Crippen molar-refractivity contribution in [2.75, 3.05) is 11.9 Å². The van der Waals surface area contributed by atoms with E-state index < -0.39 is 18.0 Å². The van der Waals surface area contributed by atoms with Gasteiger partial charge in [0, 0.05) is 11.3 Å². The molecule has 3 rings (SSSR count). The average molecular weight is 382 g/mol. The Morgan fingerprint density at radius 2 is 1.86 bits per heavy atom. The van der Waals surface area contributed by atoms with Crippen molar-refractivity contribution < 1.29 is 19.1 Å². The van der Waals surface area contributed by atoms with Crippen LogP contribution in [-0.4, -0.2) is 34.7 Å². The summed E-state index contributed by atoms with van der Waals surface area (Å²) in [6, 6.07) is 12.9. The van der Waals surface area contributed by atoms with Gasteiger partial charge in [-0.25, -0.2) is 14.6 Å². The summed E-state index contributed by atoms with van der Waals surface area (Å²) in [4.78, 5) is 27.8. The molecule has 0 aliphatic carbocycles. The smallest absolute Gasteiger partial charge is 0.326 e. The Labute approximate surface area is 161 Å². The molecule has 0 fully saturated rings. The van der Waals surface area contributed by atoms with Crippen molar-refractivity contribution in [3.8, 4) is 11.5 Å². The molecule has 5 N–H and O–H groups in total. The van der Waals surface area contributed by atoms with E-state index in [1.807, 2.05) is 24.3 Å². The molecule has 0 bridgehead atoms. The third-order valence-electron chi connectivity index (χ3n) is 4.23. The van der Waals surface area contributed by atoms with Gasteiger partial charge in [-0.3, -0.25) is 0 Å². The number of urea groups is 1. The number of carbonyl (C=O) groups excluding carboxylic acids is 1. The van der Waals surface area contributed by atoms with Gasteiger partial charge in [0.2, 0.25) is 5.89 Å². The fraction of sp³-hybridized carbons (Fsp3) is 0.250. The molecule has 0 radical (unpaired) electrons. The Morgan fingerprint density at radius 1 is 1.11 bits per heavy atom. The summed E-state index contributed by atoms with van der Waals surface area (Å²) in [7, 11) is 0. The van der Waals surface area contributed by atoms with Crippen molar-refractivity contribution >= 4 is 28.8 Å². The first kappa shape index (κ1) is 19.4. The molecule has 8 heteroatoms.